The number of rotatable bonds is 9. The predicted molar refractivity (Wildman–Crippen MR) is 132 cm³/mol. The minimum atomic E-state index is -0.437. The average Bonchev–Trinajstić information content (AvgIpc) is 3.25. The molecule has 4 rings (SSSR count). The Morgan fingerprint density at radius 3 is 2.53 bits per heavy atom. The topological polar surface area (TPSA) is 79.9 Å². The van der Waals surface area contributed by atoms with Crippen LogP contribution in [0.4, 0.5) is 11.4 Å². The summed E-state index contributed by atoms with van der Waals surface area (Å²) in [5.41, 5.74) is 8.05. The summed E-state index contributed by atoms with van der Waals surface area (Å²) in [5.74, 6) is 0.407. The highest BCUT2D eigenvalue weighted by Crippen LogP contribution is 2.31. The third kappa shape index (κ3) is 5.80. The molecule has 1 heterocycles. The molecule has 2 amide bonds. The van der Waals surface area contributed by atoms with Gasteiger partial charge in [-0.05, 0) is 48.9 Å². The van der Waals surface area contributed by atoms with E-state index in [2.05, 4.69) is 10.9 Å². The number of ether oxygens (including phenoxy) is 2. The maximum Gasteiger partial charge on any atom is 0.243 e. The van der Waals surface area contributed by atoms with Gasteiger partial charge in [0.2, 0.25) is 11.8 Å². The van der Waals surface area contributed by atoms with Gasteiger partial charge in [0.1, 0.15) is 6.61 Å². The predicted octanol–water partition coefficient (Wildman–Crippen LogP) is 4.81. The molecular formula is C26H26ClN3O4. The molecule has 0 saturated carbocycles. The first-order valence-corrected chi connectivity index (χ1v) is 11.5. The molecule has 0 aliphatic carbocycles. The first-order chi connectivity index (χ1) is 16.5. The molecule has 1 aliphatic rings. The van der Waals surface area contributed by atoms with Crippen molar-refractivity contribution in [2.75, 3.05) is 23.5 Å². The fourth-order valence-corrected chi connectivity index (χ4v) is 3.82. The largest absolute Gasteiger partial charge is 0.490 e. The fourth-order valence-electron chi connectivity index (χ4n) is 3.69. The normalized spacial score (nSPS) is 15.2. The van der Waals surface area contributed by atoms with E-state index < -0.39 is 5.92 Å². The zero-order valence-corrected chi connectivity index (χ0v) is 19.5. The molecule has 1 fully saturated rings. The number of carbonyl (C=O) groups excluding carboxylic acids is 2. The van der Waals surface area contributed by atoms with Crippen LogP contribution in [0.15, 0.2) is 72.8 Å². The summed E-state index contributed by atoms with van der Waals surface area (Å²) >= 11 is 5.93. The number of carbonyl (C=O) groups is 2. The van der Waals surface area contributed by atoms with E-state index in [0.717, 1.165) is 11.3 Å². The Morgan fingerprint density at radius 1 is 1.03 bits per heavy atom. The molecule has 1 aliphatic heterocycles. The van der Waals surface area contributed by atoms with E-state index in [0.29, 0.717) is 42.0 Å². The molecule has 0 aromatic heterocycles. The van der Waals surface area contributed by atoms with Crippen LogP contribution in [0.1, 0.15) is 18.9 Å². The Bertz CT molecular complexity index is 1140. The molecule has 7 nitrogen and oxygen atoms in total. The summed E-state index contributed by atoms with van der Waals surface area (Å²) in [6.45, 7) is 3.07. The van der Waals surface area contributed by atoms with Crippen molar-refractivity contribution in [1.82, 2.24) is 5.43 Å². The Hall–Kier alpha value is -3.71. The third-order valence-corrected chi connectivity index (χ3v) is 5.70. The summed E-state index contributed by atoms with van der Waals surface area (Å²) in [4.78, 5) is 26.7. The molecular weight excluding hydrogens is 454 g/mol. The minimum Gasteiger partial charge on any atom is -0.490 e. The van der Waals surface area contributed by atoms with E-state index in [-0.39, 0.29) is 18.2 Å². The van der Waals surface area contributed by atoms with E-state index in [1.54, 1.807) is 23.1 Å². The molecule has 34 heavy (non-hydrogen) atoms. The Balaban J connectivity index is 1.35. The molecule has 2 N–H and O–H groups in total. The SMILES string of the molecule is CCOc1cc(NNC(=O)[C@H]2CC(=O)N(c3ccccc3)C2)ccc1OCc1ccc(Cl)cc1. The van der Waals surface area contributed by atoms with Crippen LogP contribution in [0.2, 0.25) is 5.02 Å². The molecule has 0 spiro atoms. The van der Waals surface area contributed by atoms with Gasteiger partial charge < -0.3 is 14.4 Å². The molecule has 8 heteroatoms. The quantitative estimate of drug-likeness (QED) is 0.430. The molecule has 0 unspecified atom stereocenters. The molecule has 176 valence electrons. The van der Waals surface area contributed by atoms with Crippen molar-refractivity contribution in [3.05, 3.63) is 83.4 Å². The molecule has 1 atom stereocenters. The van der Waals surface area contributed by atoms with Crippen LogP contribution in [0.5, 0.6) is 11.5 Å². The lowest BCUT2D eigenvalue weighted by atomic mass is 10.1. The third-order valence-electron chi connectivity index (χ3n) is 5.44. The van der Waals surface area contributed by atoms with Crippen LogP contribution in [-0.4, -0.2) is 25.0 Å². The van der Waals surface area contributed by atoms with Gasteiger partial charge in [-0.3, -0.25) is 20.4 Å². The first-order valence-electron chi connectivity index (χ1n) is 11.1. The number of anilines is 2. The van der Waals surface area contributed by atoms with Gasteiger partial charge in [-0.15, -0.1) is 0 Å². The summed E-state index contributed by atoms with van der Waals surface area (Å²) in [7, 11) is 0. The number of hydrazine groups is 1. The molecule has 0 radical (unpaired) electrons. The van der Waals surface area contributed by atoms with Crippen LogP contribution in [0.3, 0.4) is 0 Å². The van der Waals surface area contributed by atoms with Gasteiger partial charge in [-0.1, -0.05) is 41.9 Å². The van der Waals surface area contributed by atoms with E-state index >= 15 is 0 Å². The summed E-state index contributed by atoms with van der Waals surface area (Å²) in [6, 6.07) is 22.1. The van der Waals surface area contributed by atoms with Crippen LogP contribution in [-0.2, 0) is 16.2 Å². The highest BCUT2D eigenvalue weighted by molar-refractivity contribution is 6.30. The zero-order valence-electron chi connectivity index (χ0n) is 18.8. The standard InChI is InChI=1S/C26H26ClN3O4/c1-2-33-24-15-21(12-13-23(24)34-17-18-8-10-20(27)11-9-18)28-29-26(32)19-14-25(31)30(16-19)22-6-4-3-5-7-22/h3-13,15,19,28H,2,14,16-17H2,1H3,(H,29,32)/t19-/m0/s1. The van der Waals surface area contributed by atoms with Crippen molar-refractivity contribution in [2.24, 2.45) is 5.92 Å². The number of nitrogens with zero attached hydrogens (tertiary/aromatic N) is 1. The van der Waals surface area contributed by atoms with E-state index in [1.165, 1.54) is 0 Å². The van der Waals surface area contributed by atoms with Gasteiger partial charge in [0.05, 0.1) is 18.2 Å². The van der Waals surface area contributed by atoms with Crippen molar-refractivity contribution in [3.63, 3.8) is 0 Å². The van der Waals surface area contributed by atoms with Crippen molar-refractivity contribution >= 4 is 34.8 Å². The maximum absolute atomic E-state index is 12.7. The van der Waals surface area contributed by atoms with Crippen molar-refractivity contribution < 1.29 is 19.1 Å². The van der Waals surface area contributed by atoms with Gasteiger partial charge in [0, 0.05) is 29.7 Å². The van der Waals surface area contributed by atoms with Gasteiger partial charge >= 0.3 is 0 Å². The Morgan fingerprint density at radius 2 is 1.79 bits per heavy atom. The second-order valence-electron chi connectivity index (χ2n) is 7.86. The van der Waals surface area contributed by atoms with Gasteiger partial charge in [0.15, 0.2) is 11.5 Å². The van der Waals surface area contributed by atoms with E-state index in [1.807, 2.05) is 61.5 Å². The summed E-state index contributed by atoms with van der Waals surface area (Å²) < 4.78 is 11.6. The number of amides is 2. The highest BCUT2D eigenvalue weighted by atomic mass is 35.5. The molecule has 0 bridgehead atoms. The minimum absolute atomic E-state index is 0.0628. The zero-order chi connectivity index (χ0) is 23.9. The second-order valence-corrected chi connectivity index (χ2v) is 8.30. The van der Waals surface area contributed by atoms with Crippen molar-refractivity contribution in [1.29, 1.82) is 0 Å². The van der Waals surface area contributed by atoms with Crippen LogP contribution in [0, 0.1) is 5.92 Å². The Labute approximate surface area is 203 Å². The van der Waals surface area contributed by atoms with E-state index in [4.69, 9.17) is 21.1 Å². The number of para-hydroxylation sites is 1. The smallest absolute Gasteiger partial charge is 0.243 e. The summed E-state index contributed by atoms with van der Waals surface area (Å²) in [6.07, 6.45) is 0.171. The second kappa shape index (κ2) is 10.9. The molecule has 3 aromatic carbocycles. The number of nitrogens with one attached hydrogen (secondary N) is 2. The highest BCUT2D eigenvalue weighted by Gasteiger charge is 2.35. The van der Waals surface area contributed by atoms with Crippen molar-refractivity contribution in [3.8, 4) is 11.5 Å². The molecule has 3 aromatic rings. The van der Waals surface area contributed by atoms with Gasteiger partial charge in [-0.2, -0.15) is 0 Å². The lowest BCUT2D eigenvalue weighted by Gasteiger charge is -2.17. The lowest BCUT2D eigenvalue weighted by molar-refractivity contribution is -0.125. The monoisotopic (exact) mass is 479 g/mol. The van der Waals surface area contributed by atoms with E-state index in [9.17, 15) is 9.59 Å². The van der Waals surface area contributed by atoms with Crippen LogP contribution in [0.25, 0.3) is 0 Å². The number of benzene rings is 3. The number of hydrogen-bond acceptors (Lipinski definition) is 5. The van der Waals surface area contributed by atoms with Crippen molar-refractivity contribution in [2.45, 2.75) is 20.0 Å². The number of hydrogen-bond donors (Lipinski definition) is 2. The van der Waals surface area contributed by atoms with Gasteiger partial charge in [-0.25, -0.2) is 0 Å². The first kappa shape index (κ1) is 23.4. The molecule has 1 saturated heterocycles. The van der Waals surface area contributed by atoms with Crippen LogP contribution >= 0.6 is 11.6 Å². The number of halogens is 1. The van der Waals surface area contributed by atoms with Gasteiger partial charge in [0.25, 0.3) is 0 Å². The lowest BCUT2D eigenvalue weighted by Crippen LogP contribution is -2.36. The maximum atomic E-state index is 12.7. The Kier molecular flexibility index (Phi) is 7.54. The average molecular weight is 480 g/mol. The fraction of sp³-hybridized carbons (Fsp3) is 0.231. The van der Waals surface area contributed by atoms with Crippen LogP contribution < -0.4 is 25.2 Å². The summed E-state index contributed by atoms with van der Waals surface area (Å²) in [5, 5.41) is 0.672.